The third-order valence-corrected chi connectivity index (χ3v) is 4.66. The molecule has 1 atom stereocenters. The third-order valence-electron chi connectivity index (χ3n) is 3.62. The molecule has 1 aromatic carbocycles. The first-order valence-corrected chi connectivity index (χ1v) is 8.37. The number of benzene rings is 1. The first-order chi connectivity index (χ1) is 11.9. The highest BCUT2D eigenvalue weighted by molar-refractivity contribution is 7.18. The summed E-state index contributed by atoms with van der Waals surface area (Å²) in [5.74, 6) is -1.88. The lowest BCUT2D eigenvalue weighted by Gasteiger charge is -2.15. The second-order valence-electron chi connectivity index (χ2n) is 5.25. The fourth-order valence-corrected chi connectivity index (χ4v) is 3.29. The second-order valence-corrected chi connectivity index (χ2v) is 6.30. The molecule has 0 radical (unpaired) electrons. The first-order valence-electron chi connectivity index (χ1n) is 7.55. The van der Waals surface area contributed by atoms with Crippen LogP contribution in [0.1, 0.15) is 46.3 Å². The molecular weight excluding hydrogens is 348 g/mol. The summed E-state index contributed by atoms with van der Waals surface area (Å²) in [7, 11) is 0. The summed E-state index contributed by atoms with van der Waals surface area (Å²) in [6.07, 6.45) is 0. The Morgan fingerprint density at radius 2 is 2.20 bits per heavy atom. The fraction of sp³-hybridized carbons (Fsp3) is 0.294. The minimum Gasteiger partial charge on any atom is -0.462 e. The molecular formula is C17H17F2N3O2S. The van der Waals surface area contributed by atoms with Gasteiger partial charge in [0.2, 0.25) is 0 Å². The predicted molar refractivity (Wildman–Crippen MR) is 91.0 cm³/mol. The van der Waals surface area contributed by atoms with Gasteiger partial charge in [0, 0.05) is 29.8 Å². The van der Waals surface area contributed by atoms with Crippen molar-refractivity contribution in [1.29, 1.82) is 5.26 Å². The molecule has 2 aromatic rings. The fourth-order valence-electron chi connectivity index (χ4n) is 2.36. The molecule has 0 aliphatic heterocycles. The number of esters is 1. The molecule has 1 heterocycles. The van der Waals surface area contributed by atoms with E-state index >= 15 is 0 Å². The number of anilines is 1. The maximum atomic E-state index is 13.9. The number of nitrogens with zero attached hydrogens (tertiary/aromatic N) is 1. The van der Waals surface area contributed by atoms with E-state index in [0.717, 1.165) is 17.4 Å². The molecule has 0 spiro atoms. The van der Waals surface area contributed by atoms with Crippen molar-refractivity contribution in [2.75, 3.05) is 12.3 Å². The highest BCUT2D eigenvalue weighted by Gasteiger charge is 2.23. The molecule has 0 amide bonds. The van der Waals surface area contributed by atoms with E-state index in [1.165, 1.54) is 12.1 Å². The number of ether oxygens (including phenoxy) is 1. The molecule has 0 aliphatic carbocycles. The van der Waals surface area contributed by atoms with Crippen molar-refractivity contribution in [2.45, 2.75) is 26.4 Å². The van der Waals surface area contributed by atoms with E-state index in [2.05, 4.69) is 5.32 Å². The van der Waals surface area contributed by atoms with Crippen molar-refractivity contribution < 1.29 is 18.3 Å². The van der Waals surface area contributed by atoms with Gasteiger partial charge in [-0.3, -0.25) is 0 Å². The normalized spacial score (nSPS) is 11.8. The Balaban J connectivity index is 2.24. The molecule has 0 fully saturated rings. The summed E-state index contributed by atoms with van der Waals surface area (Å²) < 4.78 is 31.9. The van der Waals surface area contributed by atoms with Crippen LogP contribution in [0.5, 0.6) is 0 Å². The van der Waals surface area contributed by atoms with Crippen LogP contribution >= 0.6 is 11.3 Å². The van der Waals surface area contributed by atoms with Crippen LogP contribution in [0.25, 0.3) is 0 Å². The Kier molecular flexibility index (Phi) is 6.07. The third kappa shape index (κ3) is 4.13. The number of carbonyl (C=O) groups is 1. The van der Waals surface area contributed by atoms with Gasteiger partial charge in [0.15, 0.2) is 0 Å². The van der Waals surface area contributed by atoms with Gasteiger partial charge in [0.25, 0.3) is 0 Å². The summed E-state index contributed by atoms with van der Waals surface area (Å²) in [6.45, 7) is 3.69. The minimum atomic E-state index is -0.670. The van der Waals surface area contributed by atoms with E-state index in [0.29, 0.717) is 5.56 Å². The number of nitrogens with two attached hydrogens (primary N) is 1. The Labute approximate surface area is 148 Å². The zero-order chi connectivity index (χ0) is 18.6. The quantitative estimate of drug-likeness (QED) is 0.765. The SMILES string of the molecule is CCOC(=O)c1sc(N)c(C#N)c1CN[C@@H](C)c1ccc(F)cc1F. The van der Waals surface area contributed by atoms with Crippen LogP contribution in [0.4, 0.5) is 13.8 Å². The molecule has 0 unspecified atom stereocenters. The lowest BCUT2D eigenvalue weighted by Crippen LogP contribution is -2.21. The molecule has 1 aromatic heterocycles. The summed E-state index contributed by atoms with van der Waals surface area (Å²) in [4.78, 5) is 12.3. The molecule has 132 valence electrons. The molecule has 2 rings (SSSR count). The van der Waals surface area contributed by atoms with E-state index in [1.54, 1.807) is 13.8 Å². The average molecular weight is 365 g/mol. The summed E-state index contributed by atoms with van der Waals surface area (Å²) >= 11 is 0.983. The highest BCUT2D eigenvalue weighted by atomic mass is 32.1. The number of nitriles is 1. The van der Waals surface area contributed by atoms with Crippen LogP contribution in [0, 0.1) is 23.0 Å². The van der Waals surface area contributed by atoms with Gasteiger partial charge in [-0.1, -0.05) is 6.07 Å². The average Bonchev–Trinajstić information content (AvgIpc) is 2.88. The van der Waals surface area contributed by atoms with Crippen LogP contribution in [-0.2, 0) is 11.3 Å². The maximum absolute atomic E-state index is 13.9. The van der Waals surface area contributed by atoms with Crippen LogP contribution in [0.2, 0.25) is 0 Å². The number of nitrogen functional groups attached to an aromatic ring is 1. The van der Waals surface area contributed by atoms with Gasteiger partial charge in [-0.25, -0.2) is 13.6 Å². The Hall–Kier alpha value is -2.50. The number of thiophene rings is 1. The van der Waals surface area contributed by atoms with Crippen LogP contribution in [0.3, 0.4) is 0 Å². The van der Waals surface area contributed by atoms with Crippen LogP contribution in [-0.4, -0.2) is 12.6 Å². The van der Waals surface area contributed by atoms with Gasteiger partial charge in [-0.2, -0.15) is 5.26 Å². The van der Waals surface area contributed by atoms with E-state index < -0.39 is 23.6 Å². The Bertz CT molecular complexity index is 830. The van der Waals surface area contributed by atoms with Crippen LogP contribution < -0.4 is 11.1 Å². The molecule has 0 saturated heterocycles. The van der Waals surface area contributed by atoms with Crippen molar-refractivity contribution in [2.24, 2.45) is 0 Å². The van der Waals surface area contributed by atoms with E-state index in [-0.39, 0.29) is 34.2 Å². The Morgan fingerprint density at radius 1 is 1.48 bits per heavy atom. The van der Waals surface area contributed by atoms with Gasteiger partial charge >= 0.3 is 5.97 Å². The lowest BCUT2D eigenvalue weighted by atomic mass is 10.1. The second kappa shape index (κ2) is 8.05. The standard InChI is InChI=1S/C17H17F2N3O2S/c1-3-24-17(23)15-13(12(7-20)16(21)25-15)8-22-9(2)11-5-4-10(18)6-14(11)19/h4-6,9,22H,3,8,21H2,1-2H3/t9-/m0/s1. The molecule has 0 bridgehead atoms. The smallest absolute Gasteiger partial charge is 0.348 e. The summed E-state index contributed by atoms with van der Waals surface area (Å²) in [6, 6.07) is 4.83. The van der Waals surface area contributed by atoms with Gasteiger partial charge in [-0.15, -0.1) is 11.3 Å². The minimum absolute atomic E-state index is 0.114. The van der Waals surface area contributed by atoms with Gasteiger partial charge < -0.3 is 15.8 Å². The number of nitrogens with one attached hydrogen (secondary N) is 1. The summed E-state index contributed by atoms with van der Waals surface area (Å²) in [5, 5.41) is 12.5. The molecule has 5 nitrogen and oxygen atoms in total. The van der Waals surface area contributed by atoms with Gasteiger partial charge in [-0.05, 0) is 19.9 Å². The van der Waals surface area contributed by atoms with E-state index in [4.69, 9.17) is 10.5 Å². The highest BCUT2D eigenvalue weighted by Crippen LogP contribution is 2.31. The van der Waals surface area contributed by atoms with Crippen molar-refractivity contribution in [1.82, 2.24) is 5.32 Å². The number of hydrogen-bond acceptors (Lipinski definition) is 6. The molecule has 3 N–H and O–H groups in total. The zero-order valence-electron chi connectivity index (χ0n) is 13.7. The topological polar surface area (TPSA) is 88.1 Å². The number of carbonyl (C=O) groups excluding carboxylic acids is 1. The number of hydrogen-bond donors (Lipinski definition) is 2. The molecule has 25 heavy (non-hydrogen) atoms. The molecule has 0 saturated carbocycles. The van der Waals surface area contributed by atoms with Crippen molar-refractivity contribution in [3.8, 4) is 6.07 Å². The predicted octanol–water partition coefficient (Wildman–Crippen LogP) is 3.51. The number of rotatable bonds is 6. The molecule has 0 aliphatic rings. The Morgan fingerprint density at radius 3 is 2.80 bits per heavy atom. The van der Waals surface area contributed by atoms with Crippen molar-refractivity contribution in [3.63, 3.8) is 0 Å². The zero-order valence-corrected chi connectivity index (χ0v) is 14.5. The number of halogens is 2. The maximum Gasteiger partial charge on any atom is 0.348 e. The first kappa shape index (κ1) is 18.8. The van der Waals surface area contributed by atoms with Crippen molar-refractivity contribution in [3.05, 3.63) is 51.4 Å². The lowest BCUT2D eigenvalue weighted by molar-refractivity contribution is 0.0530. The van der Waals surface area contributed by atoms with E-state index in [9.17, 15) is 18.8 Å². The monoisotopic (exact) mass is 365 g/mol. The van der Waals surface area contributed by atoms with Gasteiger partial charge in [0.1, 0.15) is 27.6 Å². The van der Waals surface area contributed by atoms with Crippen molar-refractivity contribution >= 4 is 22.3 Å². The van der Waals surface area contributed by atoms with Gasteiger partial charge in [0.05, 0.1) is 12.2 Å². The van der Waals surface area contributed by atoms with Crippen LogP contribution in [0.15, 0.2) is 18.2 Å². The molecule has 8 heteroatoms. The van der Waals surface area contributed by atoms with E-state index in [1.807, 2.05) is 6.07 Å². The largest absolute Gasteiger partial charge is 0.462 e. The summed E-state index contributed by atoms with van der Waals surface area (Å²) in [5.41, 5.74) is 6.70.